The number of aromatic nitrogens is 1. The monoisotopic (exact) mass is 175 g/mol. The van der Waals surface area contributed by atoms with Gasteiger partial charge in [0.05, 0.1) is 5.56 Å². The number of carboxylic acids is 1. The Bertz CT molecular complexity index is 471. The van der Waals surface area contributed by atoms with E-state index in [0.29, 0.717) is 5.56 Å². The molecule has 0 aliphatic rings. The van der Waals surface area contributed by atoms with Gasteiger partial charge in [-0.1, -0.05) is 6.07 Å². The summed E-state index contributed by atoms with van der Waals surface area (Å²) in [5, 5.41) is 10.8. The third-order valence-electron chi connectivity index (χ3n) is 2.02. The summed E-state index contributed by atoms with van der Waals surface area (Å²) in [4.78, 5) is 10.6. The molecule has 0 aliphatic carbocycles. The van der Waals surface area contributed by atoms with Crippen LogP contribution in [0.3, 0.4) is 0 Å². The highest BCUT2D eigenvalue weighted by molar-refractivity contribution is 5.94. The second kappa shape index (κ2) is 2.62. The molecule has 0 unspecified atom stereocenters. The molecule has 0 radical (unpaired) electrons. The van der Waals surface area contributed by atoms with Gasteiger partial charge in [0.15, 0.2) is 0 Å². The van der Waals surface area contributed by atoms with Crippen LogP contribution in [0.25, 0.3) is 10.8 Å². The van der Waals surface area contributed by atoms with Gasteiger partial charge in [-0.2, -0.15) is 0 Å². The van der Waals surface area contributed by atoms with Crippen molar-refractivity contribution in [1.29, 1.82) is 0 Å². The van der Waals surface area contributed by atoms with Gasteiger partial charge in [0.25, 0.3) is 0 Å². The van der Waals surface area contributed by atoms with Crippen LogP contribution in [0.5, 0.6) is 0 Å². The summed E-state index contributed by atoms with van der Waals surface area (Å²) in [5.41, 5.74) is 0.332. The zero-order valence-electron chi connectivity index (χ0n) is 7.19. The van der Waals surface area contributed by atoms with Gasteiger partial charge in [0, 0.05) is 24.8 Å². The minimum absolute atomic E-state index is 0.332. The summed E-state index contributed by atoms with van der Waals surface area (Å²) in [6, 6.07) is 5.11. The average molecular weight is 175 g/mol. The highest BCUT2D eigenvalue weighted by Crippen LogP contribution is 2.16. The van der Waals surface area contributed by atoms with Gasteiger partial charge in [-0.25, -0.2) is 4.79 Å². The van der Waals surface area contributed by atoms with Crippen molar-refractivity contribution in [2.24, 2.45) is 7.05 Å². The summed E-state index contributed by atoms with van der Waals surface area (Å²) in [6.45, 7) is 0. The number of hydrogen-bond donors (Lipinski definition) is 1. The van der Waals surface area contributed by atoms with E-state index in [0.717, 1.165) is 10.8 Å². The van der Waals surface area contributed by atoms with Crippen molar-refractivity contribution < 1.29 is 9.90 Å². The topological polar surface area (TPSA) is 42.2 Å². The van der Waals surface area contributed by atoms with Gasteiger partial charge in [-0.05, 0) is 17.5 Å². The second-order valence-corrected chi connectivity index (χ2v) is 3.07. The van der Waals surface area contributed by atoms with Crippen molar-refractivity contribution in [3.8, 4) is 0 Å². The minimum atomic E-state index is -0.884. The molecule has 0 atom stereocenters. The number of carbonyl (C=O) groups is 1. The molecule has 0 spiro atoms. The zero-order valence-corrected chi connectivity index (χ0v) is 7.19. The van der Waals surface area contributed by atoms with E-state index in [4.69, 9.17) is 5.11 Å². The molecule has 0 aliphatic heterocycles. The summed E-state index contributed by atoms with van der Waals surface area (Å²) in [5.74, 6) is -0.884. The molecule has 1 aromatic carbocycles. The number of aryl methyl sites for hydroxylation is 1. The Hall–Kier alpha value is -1.77. The van der Waals surface area contributed by atoms with Crippen LogP contribution >= 0.6 is 0 Å². The first-order chi connectivity index (χ1) is 6.16. The normalized spacial score (nSPS) is 10.5. The van der Waals surface area contributed by atoms with Crippen LogP contribution in [0.4, 0.5) is 0 Å². The van der Waals surface area contributed by atoms with Crippen LogP contribution in [-0.2, 0) is 7.05 Å². The van der Waals surface area contributed by atoms with Crippen molar-refractivity contribution in [3.63, 3.8) is 0 Å². The molecule has 13 heavy (non-hydrogen) atoms. The van der Waals surface area contributed by atoms with Crippen molar-refractivity contribution in [1.82, 2.24) is 4.57 Å². The van der Waals surface area contributed by atoms with Gasteiger partial charge >= 0.3 is 5.97 Å². The molecule has 2 aromatic rings. The van der Waals surface area contributed by atoms with E-state index in [1.807, 2.05) is 30.1 Å². The van der Waals surface area contributed by atoms with Crippen LogP contribution in [-0.4, -0.2) is 15.6 Å². The van der Waals surface area contributed by atoms with Gasteiger partial charge in [0.1, 0.15) is 0 Å². The SMILES string of the molecule is Cn1cc2ccc(C(=O)O)cc2c1. The van der Waals surface area contributed by atoms with E-state index < -0.39 is 5.97 Å². The van der Waals surface area contributed by atoms with Crippen molar-refractivity contribution >= 4 is 16.7 Å². The first kappa shape index (κ1) is 7.86. The van der Waals surface area contributed by atoms with Gasteiger partial charge in [0.2, 0.25) is 0 Å². The molecule has 0 amide bonds. The smallest absolute Gasteiger partial charge is 0.335 e. The lowest BCUT2D eigenvalue weighted by Crippen LogP contribution is -1.94. The van der Waals surface area contributed by atoms with E-state index in [-0.39, 0.29) is 0 Å². The van der Waals surface area contributed by atoms with E-state index in [2.05, 4.69) is 0 Å². The molecular weight excluding hydrogens is 166 g/mol. The number of nitrogens with zero attached hydrogens (tertiary/aromatic N) is 1. The Morgan fingerprint density at radius 1 is 1.31 bits per heavy atom. The maximum Gasteiger partial charge on any atom is 0.335 e. The van der Waals surface area contributed by atoms with E-state index in [1.165, 1.54) is 0 Å². The summed E-state index contributed by atoms with van der Waals surface area (Å²) in [7, 11) is 1.92. The first-order valence-electron chi connectivity index (χ1n) is 3.96. The number of rotatable bonds is 1. The standard InChI is InChI=1S/C10H9NO2/c1-11-5-8-3-2-7(10(12)13)4-9(8)6-11/h2-6H,1H3,(H,12,13). The summed E-state index contributed by atoms with van der Waals surface area (Å²) in [6.07, 6.45) is 3.86. The Balaban J connectivity index is 2.67. The van der Waals surface area contributed by atoms with Crippen LogP contribution in [0.2, 0.25) is 0 Å². The molecule has 3 nitrogen and oxygen atoms in total. The zero-order chi connectivity index (χ0) is 9.42. The fourth-order valence-corrected chi connectivity index (χ4v) is 1.41. The van der Waals surface area contributed by atoms with E-state index in [1.54, 1.807) is 12.1 Å². The van der Waals surface area contributed by atoms with Crippen molar-refractivity contribution in [3.05, 3.63) is 36.2 Å². The highest BCUT2D eigenvalue weighted by Gasteiger charge is 2.03. The van der Waals surface area contributed by atoms with E-state index in [9.17, 15) is 4.79 Å². The number of fused-ring (bicyclic) bond motifs is 1. The first-order valence-corrected chi connectivity index (χ1v) is 3.96. The van der Waals surface area contributed by atoms with Crippen LogP contribution < -0.4 is 0 Å². The maximum absolute atomic E-state index is 10.6. The minimum Gasteiger partial charge on any atom is -0.478 e. The Morgan fingerprint density at radius 2 is 2.00 bits per heavy atom. The number of carboxylic acid groups (broad SMARTS) is 1. The molecule has 0 bridgehead atoms. The quantitative estimate of drug-likeness (QED) is 0.719. The van der Waals surface area contributed by atoms with Crippen molar-refractivity contribution in [2.75, 3.05) is 0 Å². The van der Waals surface area contributed by atoms with Gasteiger partial charge in [-0.3, -0.25) is 0 Å². The third-order valence-corrected chi connectivity index (χ3v) is 2.02. The molecule has 0 fully saturated rings. The molecule has 1 N–H and O–H groups in total. The molecule has 0 saturated heterocycles. The number of aromatic carboxylic acids is 1. The Morgan fingerprint density at radius 3 is 2.69 bits per heavy atom. The third kappa shape index (κ3) is 1.28. The Labute approximate surface area is 75.2 Å². The fraction of sp³-hybridized carbons (Fsp3) is 0.100. The largest absolute Gasteiger partial charge is 0.478 e. The molecule has 1 heterocycles. The number of benzene rings is 1. The average Bonchev–Trinajstić information content (AvgIpc) is 2.42. The highest BCUT2D eigenvalue weighted by atomic mass is 16.4. The Kier molecular flexibility index (Phi) is 1.59. The van der Waals surface area contributed by atoms with Crippen LogP contribution in [0.1, 0.15) is 10.4 Å². The van der Waals surface area contributed by atoms with E-state index >= 15 is 0 Å². The fourth-order valence-electron chi connectivity index (χ4n) is 1.41. The van der Waals surface area contributed by atoms with Gasteiger partial charge < -0.3 is 9.67 Å². The molecular formula is C10H9NO2. The molecule has 3 heteroatoms. The predicted octanol–water partition coefficient (Wildman–Crippen LogP) is 1.88. The summed E-state index contributed by atoms with van der Waals surface area (Å²) < 4.78 is 1.91. The lowest BCUT2D eigenvalue weighted by Gasteiger charge is -1.92. The second-order valence-electron chi connectivity index (χ2n) is 3.07. The molecule has 1 aromatic heterocycles. The lowest BCUT2D eigenvalue weighted by atomic mass is 10.1. The molecule has 0 saturated carbocycles. The predicted molar refractivity (Wildman–Crippen MR) is 49.9 cm³/mol. The van der Waals surface area contributed by atoms with Crippen molar-refractivity contribution in [2.45, 2.75) is 0 Å². The van der Waals surface area contributed by atoms with Crippen LogP contribution in [0, 0.1) is 0 Å². The number of hydrogen-bond acceptors (Lipinski definition) is 1. The van der Waals surface area contributed by atoms with Gasteiger partial charge in [-0.15, -0.1) is 0 Å². The summed E-state index contributed by atoms with van der Waals surface area (Å²) >= 11 is 0. The maximum atomic E-state index is 10.6. The molecule has 66 valence electrons. The van der Waals surface area contributed by atoms with Crippen LogP contribution in [0.15, 0.2) is 30.6 Å². The lowest BCUT2D eigenvalue weighted by molar-refractivity contribution is 0.0697. The molecule has 2 rings (SSSR count).